The molecule has 0 saturated heterocycles. The summed E-state index contributed by atoms with van der Waals surface area (Å²) in [5, 5.41) is 3.79. The first kappa shape index (κ1) is 31.3. The van der Waals surface area contributed by atoms with Crippen LogP contribution in [-0.2, 0) is 42.6 Å². The Hall–Kier alpha value is -3.73. The molecule has 0 bridgehead atoms. The number of pyridine rings is 2. The minimum atomic E-state index is -1.78. The van der Waals surface area contributed by atoms with Gasteiger partial charge in [0.05, 0.1) is 35.4 Å². The van der Waals surface area contributed by atoms with Crippen LogP contribution in [0.15, 0.2) is 39.6 Å². The van der Waals surface area contributed by atoms with Crippen LogP contribution in [0.2, 0.25) is 0 Å². The highest BCUT2D eigenvalue weighted by Crippen LogP contribution is 2.44. The molecule has 1 aromatic carbocycles. The van der Waals surface area contributed by atoms with Crippen LogP contribution in [0.1, 0.15) is 89.3 Å². The summed E-state index contributed by atoms with van der Waals surface area (Å²) in [4.78, 5) is 58.6. The predicted molar refractivity (Wildman–Crippen MR) is 170 cm³/mol. The van der Waals surface area contributed by atoms with Crippen LogP contribution in [0.5, 0.6) is 0 Å². The van der Waals surface area contributed by atoms with Gasteiger partial charge in [-0.2, -0.15) is 0 Å². The molecule has 1 N–H and O–H groups in total. The smallest absolute Gasteiger partial charge is 0.407 e. The third-order valence-electron chi connectivity index (χ3n) is 9.19. The Morgan fingerprint density at radius 1 is 1.13 bits per heavy atom. The van der Waals surface area contributed by atoms with Gasteiger partial charge in [-0.3, -0.25) is 9.59 Å². The molecular formula is C34H38BrN3O7. The Morgan fingerprint density at radius 2 is 1.89 bits per heavy atom. The van der Waals surface area contributed by atoms with Crippen LogP contribution in [0.25, 0.3) is 22.3 Å². The lowest BCUT2D eigenvalue weighted by atomic mass is 9.71. The summed E-state index contributed by atoms with van der Waals surface area (Å²) < 4.78 is 19.6. The van der Waals surface area contributed by atoms with Crippen molar-refractivity contribution in [3.63, 3.8) is 0 Å². The first-order valence-corrected chi connectivity index (χ1v) is 16.4. The van der Waals surface area contributed by atoms with Gasteiger partial charge >= 0.3 is 18.0 Å². The fourth-order valence-electron chi connectivity index (χ4n) is 6.95. The highest BCUT2D eigenvalue weighted by molar-refractivity contribution is 9.10. The third-order valence-corrected chi connectivity index (χ3v) is 9.89. The fraction of sp³-hybridized carbons (Fsp3) is 0.500. The number of carbonyl (C=O) groups excluding carboxylic acids is 3. The average molecular weight is 681 g/mol. The van der Waals surface area contributed by atoms with Crippen LogP contribution in [0.4, 0.5) is 4.79 Å². The van der Waals surface area contributed by atoms with Crippen LogP contribution in [-0.4, -0.2) is 39.7 Å². The van der Waals surface area contributed by atoms with Crippen molar-refractivity contribution in [2.75, 3.05) is 6.54 Å². The van der Waals surface area contributed by atoms with Crippen LogP contribution in [0.3, 0.4) is 0 Å². The first-order chi connectivity index (χ1) is 21.3. The monoisotopic (exact) mass is 679 g/mol. The minimum absolute atomic E-state index is 0.00232. The number of aromatic nitrogens is 2. The molecule has 6 rings (SSSR count). The molecule has 1 aliphatic carbocycles. The molecule has 1 amide bonds. The predicted octanol–water partition coefficient (Wildman–Crippen LogP) is 6.26. The van der Waals surface area contributed by atoms with Crippen molar-refractivity contribution in [1.82, 2.24) is 14.9 Å². The van der Waals surface area contributed by atoms with Crippen molar-refractivity contribution in [3.05, 3.63) is 61.8 Å². The van der Waals surface area contributed by atoms with Crippen molar-refractivity contribution < 1.29 is 28.6 Å². The van der Waals surface area contributed by atoms with Crippen molar-refractivity contribution in [2.24, 2.45) is 5.41 Å². The van der Waals surface area contributed by atoms with Gasteiger partial charge in [0.15, 0.2) is 0 Å². The molecule has 10 nitrogen and oxygen atoms in total. The lowest BCUT2D eigenvalue weighted by Gasteiger charge is -2.39. The van der Waals surface area contributed by atoms with Crippen LogP contribution in [0, 0.1) is 5.41 Å². The zero-order valence-corrected chi connectivity index (χ0v) is 27.7. The second kappa shape index (κ2) is 11.6. The molecule has 1 saturated carbocycles. The van der Waals surface area contributed by atoms with E-state index in [9.17, 15) is 19.2 Å². The Kier molecular flexibility index (Phi) is 8.04. The Balaban J connectivity index is 1.33. The second-order valence-corrected chi connectivity index (χ2v) is 14.3. The molecule has 11 heteroatoms. The number of nitrogens with one attached hydrogen (secondary N) is 1. The molecule has 3 aliphatic rings. The number of hydrogen-bond donors (Lipinski definition) is 1. The van der Waals surface area contributed by atoms with Gasteiger partial charge in [-0.1, -0.05) is 48.2 Å². The van der Waals surface area contributed by atoms with E-state index in [0.717, 1.165) is 53.0 Å². The van der Waals surface area contributed by atoms with Gasteiger partial charge in [0, 0.05) is 27.5 Å². The number of esters is 2. The number of ether oxygens (including phenoxy) is 3. The molecule has 1 fully saturated rings. The van der Waals surface area contributed by atoms with Crippen molar-refractivity contribution in [2.45, 2.75) is 97.0 Å². The maximum Gasteiger partial charge on any atom is 0.407 e. The van der Waals surface area contributed by atoms with E-state index in [1.807, 2.05) is 24.3 Å². The Bertz CT molecular complexity index is 1770. The molecule has 0 radical (unpaired) electrons. The van der Waals surface area contributed by atoms with Gasteiger partial charge in [-0.05, 0) is 69.7 Å². The van der Waals surface area contributed by atoms with E-state index in [4.69, 9.17) is 19.2 Å². The number of benzene rings is 1. The fourth-order valence-corrected chi connectivity index (χ4v) is 7.42. The zero-order valence-electron chi connectivity index (χ0n) is 26.1. The summed E-state index contributed by atoms with van der Waals surface area (Å²) in [6.07, 6.45) is 3.85. The van der Waals surface area contributed by atoms with Gasteiger partial charge in [-0.15, -0.1) is 0 Å². The summed E-state index contributed by atoms with van der Waals surface area (Å²) in [6, 6.07) is 9.56. The van der Waals surface area contributed by atoms with E-state index < -0.39 is 34.6 Å². The summed E-state index contributed by atoms with van der Waals surface area (Å²) in [6.45, 7) is 7.51. The molecular weight excluding hydrogens is 642 g/mol. The minimum Gasteiger partial charge on any atom is -0.457 e. The normalized spacial score (nSPS) is 20.1. The van der Waals surface area contributed by atoms with Gasteiger partial charge < -0.3 is 24.1 Å². The topological polar surface area (TPSA) is 126 Å². The molecule has 1 atom stereocenters. The lowest BCUT2D eigenvalue weighted by Crippen LogP contribution is -2.48. The number of halogens is 1. The van der Waals surface area contributed by atoms with E-state index in [1.165, 1.54) is 0 Å². The van der Waals surface area contributed by atoms with Gasteiger partial charge in [-0.25, -0.2) is 14.6 Å². The summed E-state index contributed by atoms with van der Waals surface area (Å²) in [5.74, 6) is -1.28. The molecule has 238 valence electrons. The van der Waals surface area contributed by atoms with Crippen molar-refractivity contribution in [3.8, 4) is 11.4 Å². The number of hydrogen-bond acceptors (Lipinski definition) is 8. The second-order valence-electron chi connectivity index (χ2n) is 13.4. The van der Waals surface area contributed by atoms with E-state index in [1.54, 1.807) is 38.3 Å². The van der Waals surface area contributed by atoms with Crippen molar-refractivity contribution in [1.29, 1.82) is 0 Å². The molecule has 3 aromatic rings. The summed E-state index contributed by atoms with van der Waals surface area (Å²) in [7, 11) is 0. The SMILES string of the molecule is CC[C@@]1(OC(=O)CC2(CNC(=O)OC(C)(C)C)CCCCC2)C(=O)OCc2c1cc1n(c2=O)Cc2cc3c(Br)cccc3nc2-1. The van der Waals surface area contributed by atoms with Gasteiger partial charge in [0.1, 0.15) is 12.2 Å². The number of fused-ring (bicyclic) bond motifs is 5. The molecule has 2 aliphatic heterocycles. The summed E-state index contributed by atoms with van der Waals surface area (Å²) >= 11 is 3.59. The summed E-state index contributed by atoms with van der Waals surface area (Å²) in [5.41, 5.74) is 0.261. The first-order valence-electron chi connectivity index (χ1n) is 15.6. The molecule has 0 unspecified atom stereocenters. The maximum absolute atomic E-state index is 13.9. The maximum atomic E-state index is 13.9. The van der Waals surface area contributed by atoms with E-state index in [0.29, 0.717) is 29.1 Å². The molecule has 0 spiro atoms. The lowest BCUT2D eigenvalue weighted by molar-refractivity contribution is -0.191. The largest absolute Gasteiger partial charge is 0.457 e. The number of alkyl carbamates (subject to hydrolysis) is 1. The Morgan fingerprint density at radius 3 is 2.60 bits per heavy atom. The molecule has 2 aromatic heterocycles. The van der Waals surface area contributed by atoms with Crippen molar-refractivity contribution >= 4 is 44.9 Å². The van der Waals surface area contributed by atoms with E-state index in [2.05, 4.69) is 21.2 Å². The highest BCUT2D eigenvalue weighted by atomic mass is 79.9. The van der Waals surface area contributed by atoms with E-state index in [-0.39, 0.29) is 31.6 Å². The Labute approximate surface area is 270 Å². The average Bonchev–Trinajstić information content (AvgIpc) is 3.34. The van der Waals surface area contributed by atoms with Gasteiger partial charge in [0.2, 0.25) is 5.60 Å². The highest BCUT2D eigenvalue weighted by Gasteiger charge is 2.51. The number of cyclic esters (lactones) is 1. The van der Waals surface area contributed by atoms with E-state index >= 15 is 0 Å². The number of rotatable bonds is 6. The number of nitrogens with zero attached hydrogens (tertiary/aromatic N) is 2. The zero-order chi connectivity index (χ0) is 32.1. The van der Waals surface area contributed by atoms with Gasteiger partial charge in [0.25, 0.3) is 5.56 Å². The number of carbonyl (C=O) groups is 3. The quantitative estimate of drug-likeness (QED) is 0.187. The van der Waals surface area contributed by atoms with Crippen LogP contribution >= 0.6 is 15.9 Å². The standard InChI is InChI=1S/C34H38BrN3O7/c1-5-34(44-27(39)16-33(12-7-6-8-13-33)19-36-31(42)45-32(2,3)4)23-15-26-28-20(14-21-24(35)10-9-11-25(21)37-28)17-38(26)29(40)22(23)18-43-30(34)41/h9-11,14-15H,5-8,12-13,16-19H2,1-4H3,(H,36,42)/t34-/m0/s1. The van der Waals surface area contributed by atoms with Crippen LogP contribution < -0.4 is 10.9 Å². The number of amides is 1. The molecule has 4 heterocycles. The third kappa shape index (κ3) is 5.75. The molecule has 45 heavy (non-hydrogen) atoms.